The molecule has 2 rings (SSSR count). The molecule has 0 amide bonds. The van der Waals surface area contributed by atoms with Crippen LogP contribution in [0.3, 0.4) is 0 Å². The molecule has 0 unspecified atom stereocenters. The van der Waals surface area contributed by atoms with Crippen LogP contribution in [0.5, 0.6) is 0 Å². The van der Waals surface area contributed by atoms with Crippen LogP contribution >= 0.6 is 11.6 Å². The lowest BCUT2D eigenvalue weighted by Gasteiger charge is -2.12. The Morgan fingerprint density at radius 1 is 1.26 bits per heavy atom. The van der Waals surface area contributed by atoms with Gasteiger partial charge in [0, 0.05) is 0 Å². The van der Waals surface area contributed by atoms with Gasteiger partial charge in [-0.3, -0.25) is 4.79 Å². The van der Waals surface area contributed by atoms with Crippen molar-refractivity contribution in [1.29, 1.82) is 0 Å². The summed E-state index contributed by atoms with van der Waals surface area (Å²) < 4.78 is 1.67. The second-order valence-electron chi connectivity index (χ2n) is 4.78. The normalized spacial score (nSPS) is 10.8. The number of aldehydes is 1. The van der Waals surface area contributed by atoms with Crippen molar-refractivity contribution in [3.63, 3.8) is 0 Å². The van der Waals surface area contributed by atoms with Gasteiger partial charge in [0.25, 0.3) is 0 Å². The fourth-order valence-electron chi connectivity index (χ4n) is 2.48. The lowest BCUT2D eigenvalue weighted by molar-refractivity contribution is 0.112. The fourth-order valence-corrected chi connectivity index (χ4v) is 2.76. The van der Waals surface area contributed by atoms with Crippen molar-refractivity contribution in [2.75, 3.05) is 0 Å². The summed E-state index contributed by atoms with van der Waals surface area (Å²) in [6.07, 6.45) is 1.47. The van der Waals surface area contributed by atoms with E-state index < -0.39 is 0 Å². The van der Waals surface area contributed by atoms with E-state index in [2.05, 4.69) is 24.2 Å². The summed E-state index contributed by atoms with van der Waals surface area (Å²) in [5.41, 5.74) is 5.58. The van der Waals surface area contributed by atoms with Gasteiger partial charge < -0.3 is 0 Å². The monoisotopic (exact) mass is 276 g/mol. The number of hydrogen-bond acceptors (Lipinski definition) is 2. The van der Waals surface area contributed by atoms with Gasteiger partial charge in [-0.25, -0.2) is 4.68 Å². The molecule has 0 atom stereocenters. The number of benzene rings is 1. The highest BCUT2D eigenvalue weighted by atomic mass is 35.5. The molecule has 100 valence electrons. The number of aromatic nitrogens is 2. The van der Waals surface area contributed by atoms with Crippen LogP contribution in [0.15, 0.2) is 12.1 Å². The minimum atomic E-state index is 0.391. The molecule has 0 bridgehead atoms. The molecule has 0 aliphatic carbocycles. The maximum Gasteiger partial charge on any atom is 0.155 e. The van der Waals surface area contributed by atoms with Crippen molar-refractivity contribution >= 4 is 17.9 Å². The smallest absolute Gasteiger partial charge is 0.155 e. The van der Waals surface area contributed by atoms with Gasteiger partial charge in [0.1, 0.15) is 5.15 Å². The zero-order valence-electron chi connectivity index (χ0n) is 11.6. The lowest BCUT2D eigenvalue weighted by atomic mass is 10.1. The second kappa shape index (κ2) is 5.17. The summed E-state index contributed by atoms with van der Waals surface area (Å²) in [7, 11) is 0. The van der Waals surface area contributed by atoms with Crippen molar-refractivity contribution in [3.8, 4) is 5.69 Å². The number of hydrogen-bond donors (Lipinski definition) is 0. The minimum Gasteiger partial charge on any atom is -0.298 e. The summed E-state index contributed by atoms with van der Waals surface area (Å²) in [5, 5.41) is 4.86. The van der Waals surface area contributed by atoms with E-state index >= 15 is 0 Å². The Hall–Kier alpha value is -1.61. The quantitative estimate of drug-likeness (QED) is 0.799. The highest BCUT2D eigenvalue weighted by Crippen LogP contribution is 2.27. The fraction of sp³-hybridized carbons (Fsp3) is 0.333. The molecule has 0 aliphatic rings. The number of nitrogens with zero attached hydrogens (tertiary/aromatic N) is 2. The standard InChI is InChI=1S/C15H17ClN2O/c1-5-13-12(8-19)15(16)18(17-13)14-10(3)6-9(2)7-11(14)4/h6-8H,5H2,1-4H3. The van der Waals surface area contributed by atoms with Crippen LogP contribution in [0.2, 0.25) is 5.15 Å². The average Bonchev–Trinajstić information content (AvgIpc) is 2.65. The Kier molecular flexibility index (Phi) is 3.76. The molecule has 0 fully saturated rings. The second-order valence-corrected chi connectivity index (χ2v) is 5.14. The molecule has 0 radical (unpaired) electrons. The van der Waals surface area contributed by atoms with E-state index in [-0.39, 0.29) is 0 Å². The van der Waals surface area contributed by atoms with Crippen LogP contribution < -0.4 is 0 Å². The third kappa shape index (κ3) is 2.30. The van der Waals surface area contributed by atoms with Crippen LogP contribution in [0.25, 0.3) is 5.69 Å². The molecular weight excluding hydrogens is 260 g/mol. The SMILES string of the molecule is CCc1nn(-c2c(C)cc(C)cc2C)c(Cl)c1C=O. The Morgan fingerprint density at radius 2 is 1.84 bits per heavy atom. The summed E-state index contributed by atoms with van der Waals surface area (Å²) in [6, 6.07) is 4.18. The number of aryl methyl sites for hydroxylation is 4. The van der Waals surface area contributed by atoms with E-state index in [1.54, 1.807) is 4.68 Å². The number of carbonyl (C=O) groups excluding carboxylic acids is 1. The molecule has 2 aromatic rings. The molecular formula is C15H17ClN2O. The van der Waals surface area contributed by atoms with E-state index in [1.165, 1.54) is 5.56 Å². The molecule has 1 heterocycles. The Labute approximate surface area is 118 Å². The Balaban J connectivity index is 2.73. The van der Waals surface area contributed by atoms with Gasteiger partial charge in [-0.05, 0) is 38.3 Å². The molecule has 0 saturated heterocycles. The number of carbonyl (C=O) groups is 1. The molecule has 3 nitrogen and oxygen atoms in total. The maximum atomic E-state index is 11.1. The van der Waals surface area contributed by atoms with Gasteiger partial charge in [0.2, 0.25) is 0 Å². The van der Waals surface area contributed by atoms with Gasteiger partial charge >= 0.3 is 0 Å². The largest absolute Gasteiger partial charge is 0.298 e. The Bertz CT molecular complexity index is 621. The van der Waals surface area contributed by atoms with Crippen molar-refractivity contribution < 1.29 is 4.79 Å². The molecule has 1 aromatic carbocycles. The first-order valence-corrected chi connectivity index (χ1v) is 6.68. The minimum absolute atomic E-state index is 0.391. The molecule has 4 heteroatoms. The highest BCUT2D eigenvalue weighted by molar-refractivity contribution is 6.32. The first-order valence-electron chi connectivity index (χ1n) is 6.30. The summed E-state index contributed by atoms with van der Waals surface area (Å²) in [6.45, 7) is 8.08. The molecule has 1 aromatic heterocycles. The van der Waals surface area contributed by atoms with Crippen LogP contribution in [-0.2, 0) is 6.42 Å². The van der Waals surface area contributed by atoms with Crippen LogP contribution in [0.4, 0.5) is 0 Å². The topological polar surface area (TPSA) is 34.9 Å². The molecule has 0 aliphatic heterocycles. The van der Waals surface area contributed by atoms with Crippen molar-refractivity contribution in [3.05, 3.63) is 45.2 Å². The van der Waals surface area contributed by atoms with Gasteiger partial charge in [-0.1, -0.05) is 36.2 Å². The Morgan fingerprint density at radius 3 is 2.26 bits per heavy atom. The molecule has 0 spiro atoms. The predicted octanol–water partition coefficient (Wildman–Crippen LogP) is 3.83. The van der Waals surface area contributed by atoms with Gasteiger partial charge in [-0.2, -0.15) is 5.10 Å². The summed E-state index contributed by atoms with van der Waals surface area (Å²) >= 11 is 6.30. The lowest BCUT2D eigenvalue weighted by Crippen LogP contribution is -2.03. The summed E-state index contributed by atoms with van der Waals surface area (Å²) in [4.78, 5) is 11.1. The number of rotatable bonds is 3. The first kappa shape index (κ1) is 13.8. The third-order valence-corrected chi connectivity index (χ3v) is 3.60. The van der Waals surface area contributed by atoms with Crippen molar-refractivity contribution in [2.45, 2.75) is 34.1 Å². The number of halogens is 1. The molecule has 0 N–H and O–H groups in total. The van der Waals surface area contributed by atoms with E-state index in [0.717, 1.165) is 28.8 Å². The van der Waals surface area contributed by atoms with E-state index in [4.69, 9.17) is 11.6 Å². The zero-order valence-corrected chi connectivity index (χ0v) is 12.4. The van der Waals surface area contributed by atoms with Gasteiger partial charge in [0.15, 0.2) is 6.29 Å². The predicted molar refractivity (Wildman–Crippen MR) is 77.6 cm³/mol. The van der Waals surface area contributed by atoms with Gasteiger partial charge in [-0.15, -0.1) is 0 Å². The van der Waals surface area contributed by atoms with Gasteiger partial charge in [0.05, 0.1) is 16.9 Å². The highest BCUT2D eigenvalue weighted by Gasteiger charge is 2.18. The molecule has 19 heavy (non-hydrogen) atoms. The maximum absolute atomic E-state index is 11.1. The average molecular weight is 277 g/mol. The zero-order chi connectivity index (χ0) is 14.2. The first-order chi connectivity index (χ1) is 8.99. The van der Waals surface area contributed by atoms with E-state index in [0.29, 0.717) is 17.1 Å². The van der Waals surface area contributed by atoms with Crippen LogP contribution in [0.1, 0.15) is 39.7 Å². The third-order valence-electron chi connectivity index (χ3n) is 3.24. The van der Waals surface area contributed by atoms with E-state index in [9.17, 15) is 4.79 Å². The van der Waals surface area contributed by atoms with Crippen LogP contribution in [-0.4, -0.2) is 16.1 Å². The van der Waals surface area contributed by atoms with Crippen LogP contribution in [0, 0.1) is 20.8 Å². The summed E-state index contributed by atoms with van der Waals surface area (Å²) in [5.74, 6) is 0. The van der Waals surface area contributed by atoms with E-state index in [1.807, 2.05) is 20.8 Å². The van der Waals surface area contributed by atoms with Crippen molar-refractivity contribution in [1.82, 2.24) is 9.78 Å². The molecule has 0 saturated carbocycles. The van der Waals surface area contributed by atoms with Crippen molar-refractivity contribution in [2.24, 2.45) is 0 Å².